The number of rotatable bonds is 4. The summed E-state index contributed by atoms with van der Waals surface area (Å²) in [6.45, 7) is 0.105. The fraction of sp³-hybridized carbons (Fsp3) is 0.846. The highest BCUT2D eigenvalue weighted by Gasteiger charge is 2.36. The van der Waals surface area contributed by atoms with Gasteiger partial charge in [0.25, 0.3) is 0 Å². The zero-order valence-electron chi connectivity index (χ0n) is 11.0. The van der Waals surface area contributed by atoms with Crippen molar-refractivity contribution in [3.05, 3.63) is 0 Å². The second-order valence-electron chi connectivity index (χ2n) is 5.47. The van der Waals surface area contributed by atoms with E-state index in [0.29, 0.717) is 12.5 Å². The van der Waals surface area contributed by atoms with Gasteiger partial charge in [-0.2, -0.15) is 0 Å². The predicted octanol–water partition coefficient (Wildman–Crippen LogP) is 0.796. The van der Waals surface area contributed by atoms with E-state index in [-0.39, 0.29) is 12.1 Å². The fourth-order valence-electron chi connectivity index (χ4n) is 3.29. The quantitative estimate of drug-likeness (QED) is 0.704. The number of hydrogen-bond donors (Lipinski definition) is 3. The first kappa shape index (κ1) is 14.1. The molecular weight excluding hydrogens is 248 g/mol. The first-order valence-corrected chi connectivity index (χ1v) is 7.04. The molecule has 6 nitrogen and oxygen atoms in total. The van der Waals surface area contributed by atoms with Gasteiger partial charge >= 0.3 is 12.0 Å². The predicted molar refractivity (Wildman–Crippen MR) is 68.7 cm³/mol. The van der Waals surface area contributed by atoms with Gasteiger partial charge in [-0.25, -0.2) is 9.59 Å². The van der Waals surface area contributed by atoms with Crippen molar-refractivity contribution in [3.8, 4) is 0 Å². The van der Waals surface area contributed by atoms with Crippen molar-refractivity contribution in [1.29, 1.82) is 0 Å². The SMILES string of the molecule is O=C(O)[C@@H](CO)NC(=O)N1CCCC1C1CCCC1. The largest absolute Gasteiger partial charge is 0.480 e. The average Bonchev–Trinajstić information content (AvgIpc) is 3.03. The number of aliphatic hydroxyl groups is 1. The zero-order chi connectivity index (χ0) is 13.8. The number of amides is 2. The van der Waals surface area contributed by atoms with Gasteiger partial charge in [0.15, 0.2) is 6.04 Å². The van der Waals surface area contributed by atoms with Gasteiger partial charge in [-0.15, -0.1) is 0 Å². The molecule has 1 aliphatic carbocycles. The Morgan fingerprint density at radius 3 is 2.47 bits per heavy atom. The first-order chi connectivity index (χ1) is 9.13. The molecule has 2 amide bonds. The highest BCUT2D eigenvalue weighted by Crippen LogP contribution is 2.35. The van der Waals surface area contributed by atoms with Crippen LogP contribution >= 0.6 is 0 Å². The molecule has 1 heterocycles. The second-order valence-corrected chi connectivity index (χ2v) is 5.47. The number of likely N-dealkylation sites (tertiary alicyclic amines) is 1. The number of aliphatic carboxylic acids is 1. The molecule has 1 unspecified atom stereocenters. The van der Waals surface area contributed by atoms with Crippen molar-refractivity contribution < 1.29 is 19.8 Å². The molecule has 0 radical (unpaired) electrons. The first-order valence-electron chi connectivity index (χ1n) is 7.04. The van der Waals surface area contributed by atoms with Crippen molar-refractivity contribution in [2.24, 2.45) is 5.92 Å². The van der Waals surface area contributed by atoms with E-state index in [9.17, 15) is 9.59 Å². The van der Waals surface area contributed by atoms with Crippen LogP contribution in [-0.4, -0.2) is 52.3 Å². The standard InChI is InChI=1S/C13H22N2O4/c16-8-10(12(17)18)14-13(19)15-7-3-6-11(15)9-4-1-2-5-9/h9-11,16H,1-8H2,(H,14,19)(H,17,18)/t10-,11?/m1/s1. The maximum atomic E-state index is 12.1. The van der Waals surface area contributed by atoms with Gasteiger partial charge in [0.2, 0.25) is 0 Å². The van der Waals surface area contributed by atoms with Gasteiger partial charge in [-0.3, -0.25) is 0 Å². The lowest BCUT2D eigenvalue weighted by Crippen LogP contribution is -2.51. The minimum Gasteiger partial charge on any atom is -0.480 e. The normalized spacial score (nSPS) is 25.5. The summed E-state index contributed by atoms with van der Waals surface area (Å²) in [5.41, 5.74) is 0. The molecule has 1 saturated carbocycles. The number of carboxylic acids is 1. The Hall–Kier alpha value is -1.30. The highest BCUT2D eigenvalue weighted by atomic mass is 16.4. The monoisotopic (exact) mass is 270 g/mol. The molecule has 0 aromatic carbocycles. The molecule has 2 rings (SSSR count). The number of aliphatic hydroxyl groups excluding tert-OH is 1. The van der Waals surface area contributed by atoms with Crippen LogP contribution in [0.3, 0.4) is 0 Å². The number of carbonyl (C=O) groups excluding carboxylic acids is 1. The molecule has 0 aromatic rings. The topological polar surface area (TPSA) is 89.9 Å². The summed E-state index contributed by atoms with van der Waals surface area (Å²) in [7, 11) is 0. The summed E-state index contributed by atoms with van der Waals surface area (Å²) in [5, 5.41) is 20.2. The molecule has 2 fully saturated rings. The molecule has 2 atom stereocenters. The molecular formula is C13H22N2O4. The number of carbonyl (C=O) groups is 2. The van der Waals surface area contributed by atoms with Crippen LogP contribution < -0.4 is 5.32 Å². The van der Waals surface area contributed by atoms with Crippen LogP contribution in [0.5, 0.6) is 0 Å². The van der Waals surface area contributed by atoms with E-state index < -0.39 is 18.6 Å². The number of carboxylic acid groups (broad SMARTS) is 1. The molecule has 1 saturated heterocycles. The molecule has 0 spiro atoms. The third-order valence-corrected chi connectivity index (χ3v) is 4.28. The van der Waals surface area contributed by atoms with Crippen LogP contribution in [0.15, 0.2) is 0 Å². The van der Waals surface area contributed by atoms with E-state index in [2.05, 4.69) is 5.32 Å². The lowest BCUT2D eigenvalue weighted by Gasteiger charge is -2.30. The Bertz CT molecular complexity index is 342. The van der Waals surface area contributed by atoms with Crippen molar-refractivity contribution in [1.82, 2.24) is 10.2 Å². The van der Waals surface area contributed by atoms with E-state index in [1.165, 1.54) is 12.8 Å². The average molecular weight is 270 g/mol. The van der Waals surface area contributed by atoms with Crippen LogP contribution in [0.2, 0.25) is 0 Å². The Balaban J connectivity index is 1.95. The molecule has 2 aliphatic rings. The lowest BCUT2D eigenvalue weighted by atomic mass is 9.96. The third kappa shape index (κ3) is 3.18. The van der Waals surface area contributed by atoms with Gasteiger partial charge < -0.3 is 20.4 Å². The molecule has 6 heteroatoms. The molecule has 1 aliphatic heterocycles. The number of urea groups is 1. The Morgan fingerprint density at radius 2 is 1.89 bits per heavy atom. The van der Waals surface area contributed by atoms with Crippen LogP contribution in [0, 0.1) is 5.92 Å². The Kier molecular flexibility index (Phi) is 4.63. The smallest absolute Gasteiger partial charge is 0.328 e. The van der Waals surface area contributed by atoms with Gasteiger partial charge in [0.1, 0.15) is 0 Å². The van der Waals surface area contributed by atoms with Crippen LogP contribution in [-0.2, 0) is 4.79 Å². The van der Waals surface area contributed by atoms with Crippen LogP contribution in [0.25, 0.3) is 0 Å². The maximum absolute atomic E-state index is 12.1. The summed E-state index contributed by atoms with van der Waals surface area (Å²) in [6.07, 6.45) is 6.77. The highest BCUT2D eigenvalue weighted by molar-refractivity contribution is 5.83. The number of nitrogens with one attached hydrogen (secondary N) is 1. The van der Waals surface area contributed by atoms with Gasteiger partial charge in [0, 0.05) is 12.6 Å². The Morgan fingerprint density at radius 1 is 1.21 bits per heavy atom. The van der Waals surface area contributed by atoms with Crippen molar-refractivity contribution in [3.63, 3.8) is 0 Å². The third-order valence-electron chi connectivity index (χ3n) is 4.28. The number of hydrogen-bond acceptors (Lipinski definition) is 3. The van der Waals surface area contributed by atoms with E-state index in [1.807, 2.05) is 0 Å². The van der Waals surface area contributed by atoms with Gasteiger partial charge in [-0.1, -0.05) is 12.8 Å². The van der Waals surface area contributed by atoms with Crippen molar-refractivity contribution in [2.45, 2.75) is 50.6 Å². The minimum atomic E-state index is -1.21. The summed E-state index contributed by atoms with van der Waals surface area (Å²) >= 11 is 0. The Labute approximate surface area is 112 Å². The summed E-state index contributed by atoms with van der Waals surface area (Å²) < 4.78 is 0. The van der Waals surface area contributed by atoms with Crippen molar-refractivity contribution in [2.75, 3.05) is 13.2 Å². The lowest BCUT2D eigenvalue weighted by molar-refractivity contribution is -0.140. The van der Waals surface area contributed by atoms with Crippen LogP contribution in [0.1, 0.15) is 38.5 Å². The fourth-order valence-corrected chi connectivity index (χ4v) is 3.29. The van der Waals surface area contributed by atoms with E-state index in [1.54, 1.807) is 4.90 Å². The summed E-state index contributed by atoms with van der Waals surface area (Å²) in [5.74, 6) is -0.641. The van der Waals surface area contributed by atoms with Crippen molar-refractivity contribution >= 4 is 12.0 Å². The van der Waals surface area contributed by atoms with Gasteiger partial charge in [0.05, 0.1) is 6.61 Å². The minimum absolute atomic E-state index is 0.246. The summed E-state index contributed by atoms with van der Waals surface area (Å²) in [4.78, 5) is 24.7. The molecule has 0 bridgehead atoms. The zero-order valence-corrected chi connectivity index (χ0v) is 11.0. The second kappa shape index (κ2) is 6.23. The number of nitrogens with zero attached hydrogens (tertiary/aromatic N) is 1. The van der Waals surface area contributed by atoms with Crippen LogP contribution in [0.4, 0.5) is 4.79 Å². The summed E-state index contributed by atoms with van der Waals surface area (Å²) in [6, 6.07) is -1.32. The molecule has 108 valence electrons. The molecule has 3 N–H and O–H groups in total. The maximum Gasteiger partial charge on any atom is 0.328 e. The molecule has 0 aromatic heterocycles. The van der Waals surface area contributed by atoms with Gasteiger partial charge in [-0.05, 0) is 31.6 Å². The van der Waals surface area contributed by atoms with E-state index >= 15 is 0 Å². The van der Waals surface area contributed by atoms with E-state index in [4.69, 9.17) is 10.2 Å². The van der Waals surface area contributed by atoms with E-state index in [0.717, 1.165) is 25.7 Å². The molecule has 19 heavy (non-hydrogen) atoms.